The van der Waals surface area contributed by atoms with E-state index in [1.807, 2.05) is 37.3 Å². The van der Waals surface area contributed by atoms with E-state index in [-0.39, 0.29) is 12.5 Å². The van der Waals surface area contributed by atoms with Crippen molar-refractivity contribution in [3.05, 3.63) is 57.5 Å². The molecule has 0 aromatic heterocycles. The zero-order valence-electron chi connectivity index (χ0n) is 11.5. The van der Waals surface area contributed by atoms with Gasteiger partial charge in [0.2, 0.25) is 0 Å². The molecule has 21 heavy (non-hydrogen) atoms. The second-order valence-corrected chi connectivity index (χ2v) is 5.75. The lowest BCUT2D eigenvalue weighted by atomic mass is 10.1. The van der Waals surface area contributed by atoms with Gasteiger partial charge in [-0.1, -0.05) is 52.7 Å². The lowest BCUT2D eigenvalue weighted by Crippen LogP contribution is -2.21. The van der Waals surface area contributed by atoms with Crippen LogP contribution in [0.3, 0.4) is 0 Å². The van der Waals surface area contributed by atoms with Crippen LogP contribution < -0.4 is 10.1 Å². The molecule has 5 heteroatoms. The molecule has 0 aliphatic heterocycles. The fraction of sp³-hybridized carbons (Fsp3) is 0.188. The van der Waals surface area contributed by atoms with Gasteiger partial charge in [-0.3, -0.25) is 4.79 Å². The Kier molecular flexibility index (Phi) is 5.65. The molecule has 0 spiro atoms. The van der Waals surface area contributed by atoms with Gasteiger partial charge in [-0.2, -0.15) is 0 Å². The molecular weight excluding hydrogens is 354 g/mol. The summed E-state index contributed by atoms with van der Waals surface area (Å²) in [5, 5.41) is 3.32. The number of hydrogen-bond acceptors (Lipinski definition) is 2. The Morgan fingerprint density at radius 2 is 2.05 bits per heavy atom. The van der Waals surface area contributed by atoms with E-state index in [9.17, 15) is 4.79 Å². The summed E-state index contributed by atoms with van der Waals surface area (Å²) in [6, 6.07) is 13.0. The van der Waals surface area contributed by atoms with Crippen LogP contribution in [0.15, 0.2) is 46.9 Å². The number of rotatable bonds is 5. The van der Waals surface area contributed by atoms with Gasteiger partial charge in [0.1, 0.15) is 5.75 Å². The summed E-state index contributed by atoms with van der Waals surface area (Å²) in [5.74, 6) is 0.261. The van der Waals surface area contributed by atoms with Gasteiger partial charge in [0.25, 0.3) is 5.91 Å². The van der Waals surface area contributed by atoms with E-state index < -0.39 is 0 Å². The molecule has 1 amide bonds. The van der Waals surface area contributed by atoms with Crippen LogP contribution >= 0.6 is 27.5 Å². The first-order valence-corrected chi connectivity index (χ1v) is 7.73. The molecule has 0 fully saturated rings. The molecular formula is C16H15BrClNO2. The van der Waals surface area contributed by atoms with Crippen molar-refractivity contribution in [2.45, 2.75) is 13.3 Å². The maximum atomic E-state index is 12.0. The van der Waals surface area contributed by atoms with Crippen LogP contribution in [0.25, 0.3) is 0 Å². The number of amides is 1. The zero-order chi connectivity index (χ0) is 15.2. The van der Waals surface area contributed by atoms with Crippen molar-refractivity contribution < 1.29 is 9.53 Å². The number of para-hydroxylation sites is 1. The fourth-order valence-electron chi connectivity index (χ4n) is 1.87. The smallest absolute Gasteiger partial charge is 0.262 e. The monoisotopic (exact) mass is 367 g/mol. The van der Waals surface area contributed by atoms with E-state index in [1.54, 1.807) is 12.1 Å². The molecule has 0 aliphatic rings. The molecule has 0 bridgehead atoms. The summed E-state index contributed by atoms with van der Waals surface area (Å²) in [7, 11) is 0. The number of ether oxygens (including phenoxy) is 1. The van der Waals surface area contributed by atoms with E-state index in [2.05, 4.69) is 21.2 Å². The van der Waals surface area contributed by atoms with E-state index in [1.165, 1.54) is 0 Å². The Labute approximate surface area is 137 Å². The molecule has 0 radical (unpaired) electrons. The minimum Gasteiger partial charge on any atom is -0.482 e. The van der Waals surface area contributed by atoms with Crippen molar-refractivity contribution in [3.8, 4) is 5.75 Å². The van der Waals surface area contributed by atoms with Gasteiger partial charge in [0.15, 0.2) is 6.61 Å². The van der Waals surface area contributed by atoms with Gasteiger partial charge >= 0.3 is 0 Å². The molecule has 0 saturated carbocycles. The van der Waals surface area contributed by atoms with Crippen molar-refractivity contribution in [2.75, 3.05) is 11.9 Å². The van der Waals surface area contributed by atoms with E-state index in [0.29, 0.717) is 10.8 Å². The second-order valence-electron chi connectivity index (χ2n) is 4.42. The standard InChI is InChI=1S/C16H15BrClNO2/c1-2-11-5-3-4-6-14(11)19-16(20)10-21-15-9-12(17)7-8-13(15)18/h3-9H,2,10H2,1H3,(H,19,20). The normalized spacial score (nSPS) is 10.2. The quantitative estimate of drug-likeness (QED) is 0.832. The highest BCUT2D eigenvalue weighted by atomic mass is 79.9. The molecule has 110 valence electrons. The topological polar surface area (TPSA) is 38.3 Å². The Balaban J connectivity index is 1.97. The summed E-state index contributed by atoms with van der Waals surface area (Å²) in [4.78, 5) is 12.0. The largest absolute Gasteiger partial charge is 0.482 e. The number of benzene rings is 2. The molecule has 2 rings (SSSR count). The summed E-state index contributed by atoms with van der Waals surface area (Å²) < 4.78 is 6.30. The van der Waals surface area contributed by atoms with E-state index in [4.69, 9.17) is 16.3 Å². The van der Waals surface area contributed by atoms with Crippen molar-refractivity contribution in [1.29, 1.82) is 0 Å². The first-order chi connectivity index (χ1) is 10.1. The number of hydrogen-bond donors (Lipinski definition) is 1. The van der Waals surface area contributed by atoms with Gasteiger partial charge in [0, 0.05) is 10.2 Å². The first-order valence-electron chi connectivity index (χ1n) is 6.55. The average Bonchev–Trinajstić information content (AvgIpc) is 2.49. The van der Waals surface area contributed by atoms with Crippen LogP contribution in [0.1, 0.15) is 12.5 Å². The predicted molar refractivity (Wildman–Crippen MR) is 89.1 cm³/mol. The second kappa shape index (κ2) is 7.48. The number of nitrogens with one attached hydrogen (secondary N) is 1. The summed E-state index contributed by atoms with van der Waals surface area (Å²) in [5.41, 5.74) is 1.90. The highest BCUT2D eigenvalue weighted by Gasteiger charge is 2.08. The lowest BCUT2D eigenvalue weighted by Gasteiger charge is -2.11. The van der Waals surface area contributed by atoms with Crippen molar-refractivity contribution in [1.82, 2.24) is 0 Å². The van der Waals surface area contributed by atoms with Gasteiger partial charge < -0.3 is 10.1 Å². The van der Waals surface area contributed by atoms with Crippen LogP contribution in [0.5, 0.6) is 5.75 Å². The van der Waals surface area contributed by atoms with Crippen LogP contribution in [0, 0.1) is 0 Å². The van der Waals surface area contributed by atoms with Gasteiger partial charge in [-0.05, 0) is 36.2 Å². The van der Waals surface area contributed by atoms with Crippen LogP contribution in [-0.4, -0.2) is 12.5 Å². The van der Waals surface area contributed by atoms with Crippen molar-refractivity contribution >= 4 is 39.1 Å². The lowest BCUT2D eigenvalue weighted by molar-refractivity contribution is -0.118. The van der Waals surface area contributed by atoms with Gasteiger partial charge in [-0.15, -0.1) is 0 Å². The molecule has 0 atom stereocenters. The van der Waals surface area contributed by atoms with Crippen molar-refractivity contribution in [2.24, 2.45) is 0 Å². The van der Waals surface area contributed by atoms with Crippen LogP contribution in [0.2, 0.25) is 5.02 Å². The molecule has 0 saturated heterocycles. The fourth-order valence-corrected chi connectivity index (χ4v) is 2.38. The van der Waals surface area contributed by atoms with E-state index >= 15 is 0 Å². The minimum absolute atomic E-state index is 0.0891. The SMILES string of the molecule is CCc1ccccc1NC(=O)COc1cc(Br)ccc1Cl. The number of carbonyl (C=O) groups excluding carboxylic acids is 1. The average molecular weight is 369 g/mol. The Bertz CT molecular complexity index is 646. The van der Waals surface area contributed by atoms with Crippen molar-refractivity contribution in [3.63, 3.8) is 0 Å². The maximum Gasteiger partial charge on any atom is 0.262 e. The van der Waals surface area contributed by atoms with Crippen LogP contribution in [-0.2, 0) is 11.2 Å². The number of carbonyl (C=O) groups is 1. The molecule has 0 heterocycles. The highest BCUT2D eigenvalue weighted by molar-refractivity contribution is 9.10. The first kappa shape index (κ1) is 15.9. The number of aryl methyl sites for hydroxylation is 1. The third kappa shape index (κ3) is 4.48. The Morgan fingerprint density at radius 1 is 1.29 bits per heavy atom. The zero-order valence-corrected chi connectivity index (χ0v) is 13.9. The molecule has 3 nitrogen and oxygen atoms in total. The summed E-state index contributed by atoms with van der Waals surface area (Å²) >= 11 is 9.35. The molecule has 2 aromatic carbocycles. The number of anilines is 1. The van der Waals surface area contributed by atoms with Gasteiger partial charge in [-0.25, -0.2) is 0 Å². The van der Waals surface area contributed by atoms with Crippen LogP contribution in [0.4, 0.5) is 5.69 Å². The maximum absolute atomic E-state index is 12.0. The predicted octanol–water partition coefficient (Wildman–Crippen LogP) is 4.68. The van der Waals surface area contributed by atoms with E-state index in [0.717, 1.165) is 22.1 Å². The molecule has 0 aliphatic carbocycles. The Morgan fingerprint density at radius 3 is 2.81 bits per heavy atom. The molecule has 2 aromatic rings. The third-order valence-electron chi connectivity index (χ3n) is 2.92. The Hall–Kier alpha value is -1.52. The summed E-state index contributed by atoms with van der Waals surface area (Å²) in [6.07, 6.45) is 0.856. The molecule has 0 unspecified atom stereocenters. The highest BCUT2D eigenvalue weighted by Crippen LogP contribution is 2.27. The summed E-state index contributed by atoms with van der Waals surface area (Å²) in [6.45, 7) is 1.96. The third-order valence-corrected chi connectivity index (χ3v) is 3.73. The van der Waals surface area contributed by atoms with Gasteiger partial charge in [0.05, 0.1) is 5.02 Å². The minimum atomic E-state index is -0.216. The number of halogens is 2. The molecule has 1 N–H and O–H groups in total.